The maximum Gasteiger partial charge on any atom is 0.119 e. The summed E-state index contributed by atoms with van der Waals surface area (Å²) in [7, 11) is 0. The Morgan fingerprint density at radius 1 is 0.808 bits per heavy atom. The van der Waals surface area contributed by atoms with Crippen molar-refractivity contribution < 1.29 is 19.7 Å². The van der Waals surface area contributed by atoms with Crippen LogP contribution in [-0.4, -0.2) is 36.6 Å². The van der Waals surface area contributed by atoms with Gasteiger partial charge in [-0.05, 0) is 41.3 Å². The predicted octanol–water partition coefficient (Wildman–Crippen LogP) is 3.78. The van der Waals surface area contributed by atoms with Gasteiger partial charge in [-0.15, -0.1) is 0 Å². The molecule has 2 N–H and O–H groups in total. The Balaban J connectivity index is 2.32. The SMILES string of the molecule is CCC(C)C(C)(c1ccc(OCCO)cc1)c1ccc(OCCO)cc1. The highest BCUT2D eigenvalue weighted by Crippen LogP contribution is 2.41. The van der Waals surface area contributed by atoms with Crippen molar-refractivity contribution in [1.82, 2.24) is 0 Å². The first-order valence-electron chi connectivity index (χ1n) is 9.24. The molecule has 0 fully saturated rings. The first kappa shape index (κ1) is 20.3. The molecule has 2 aromatic rings. The van der Waals surface area contributed by atoms with E-state index >= 15 is 0 Å². The average molecular weight is 358 g/mol. The first-order chi connectivity index (χ1) is 12.6. The lowest BCUT2D eigenvalue weighted by Crippen LogP contribution is -2.31. The Hall–Kier alpha value is -2.04. The van der Waals surface area contributed by atoms with Crippen molar-refractivity contribution in [1.29, 1.82) is 0 Å². The number of ether oxygens (including phenoxy) is 2. The number of hydrogen-bond donors (Lipinski definition) is 2. The van der Waals surface area contributed by atoms with Gasteiger partial charge in [-0.3, -0.25) is 0 Å². The molecule has 0 aliphatic carbocycles. The summed E-state index contributed by atoms with van der Waals surface area (Å²) in [6, 6.07) is 16.3. The molecular weight excluding hydrogens is 328 g/mol. The Morgan fingerprint density at radius 2 is 1.19 bits per heavy atom. The second-order valence-electron chi connectivity index (χ2n) is 6.70. The number of aliphatic hydroxyl groups is 2. The van der Waals surface area contributed by atoms with E-state index in [9.17, 15) is 0 Å². The number of hydrogen-bond acceptors (Lipinski definition) is 4. The summed E-state index contributed by atoms with van der Waals surface area (Å²) < 4.78 is 11.0. The molecule has 0 saturated heterocycles. The molecule has 0 aliphatic rings. The summed E-state index contributed by atoms with van der Waals surface area (Å²) in [5, 5.41) is 17.8. The highest BCUT2D eigenvalue weighted by Gasteiger charge is 2.34. The molecule has 0 bridgehead atoms. The largest absolute Gasteiger partial charge is 0.491 e. The maximum atomic E-state index is 8.89. The van der Waals surface area contributed by atoms with E-state index in [2.05, 4.69) is 45.0 Å². The van der Waals surface area contributed by atoms with Crippen molar-refractivity contribution in [2.24, 2.45) is 5.92 Å². The summed E-state index contributed by atoms with van der Waals surface area (Å²) in [5.74, 6) is 1.97. The van der Waals surface area contributed by atoms with E-state index in [-0.39, 0.29) is 18.6 Å². The smallest absolute Gasteiger partial charge is 0.119 e. The van der Waals surface area contributed by atoms with Crippen molar-refractivity contribution in [3.8, 4) is 11.5 Å². The van der Waals surface area contributed by atoms with Crippen molar-refractivity contribution >= 4 is 0 Å². The normalized spacial score (nSPS) is 12.7. The van der Waals surface area contributed by atoms with E-state index in [1.165, 1.54) is 11.1 Å². The van der Waals surface area contributed by atoms with Crippen LogP contribution < -0.4 is 9.47 Å². The number of rotatable bonds is 10. The zero-order valence-electron chi connectivity index (χ0n) is 15.9. The van der Waals surface area contributed by atoms with Crippen LogP contribution in [0.15, 0.2) is 48.5 Å². The van der Waals surface area contributed by atoms with E-state index < -0.39 is 0 Å². The summed E-state index contributed by atoms with van der Waals surface area (Å²) >= 11 is 0. The van der Waals surface area contributed by atoms with Crippen molar-refractivity contribution in [3.63, 3.8) is 0 Å². The molecule has 0 aliphatic heterocycles. The standard InChI is InChI=1S/C22H30O4/c1-4-17(2)22(3,18-5-9-20(10-6-18)25-15-13-23)19-7-11-21(12-8-19)26-16-14-24/h5-12,17,23-24H,4,13-16H2,1-3H3. The summed E-state index contributed by atoms with van der Waals surface area (Å²) in [5.41, 5.74) is 2.32. The van der Waals surface area contributed by atoms with Crippen molar-refractivity contribution in [3.05, 3.63) is 59.7 Å². The van der Waals surface area contributed by atoms with Crippen LogP contribution in [0, 0.1) is 5.92 Å². The molecule has 0 radical (unpaired) electrons. The Kier molecular flexibility index (Phi) is 7.49. The minimum atomic E-state index is -0.139. The minimum Gasteiger partial charge on any atom is -0.491 e. The van der Waals surface area contributed by atoms with E-state index in [1.54, 1.807) is 0 Å². The lowest BCUT2D eigenvalue weighted by molar-refractivity contribution is 0.201. The van der Waals surface area contributed by atoms with Gasteiger partial charge in [0.15, 0.2) is 0 Å². The van der Waals surface area contributed by atoms with Crippen LogP contribution in [0.3, 0.4) is 0 Å². The molecule has 0 amide bonds. The fourth-order valence-electron chi connectivity index (χ4n) is 3.27. The van der Waals surface area contributed by atoms with Crippen LogP contribution in [0.4, 0.5) is 0 Å². The van der Waals surface area contributed by atoms with Gasteiger partial charge in [-0.2, -0.15) is 0 Å². The van der Waals surface area contributed by atoms with Crippen LogP contribution >= 0.6 is 0 Å². The fraction of sp³-hybridized carbons (Fsp3) is 0.455. The van der Waals surface area contributed by atoms with Gasteiger partial charge >= 0.3 is 0 Å². The molecule has 0 aromatic heterocycles. The molecule has 4 nitrogen and oxygen atoms in total. The molecular formula is C22H30O4. The Morgan fingerprint density at radius 3 is 1.50 bits per heavy atom. The van der Waals surface area contributed by atoms with Crippen LogP contribution in [-0.2, 0) is 5.41 Å². The van der Waals surface area contributed by atoms with Crippen LogP contribution in [0.1, 0.15) is 38.3 Å². The van der Waals surface area contributed by atoms with Crippen LogP contribution in [0.25, 0.3) is 0 Å². The highest BCUT2D eigenvalue weighted by atomic mass is 16.5. The number of aliphatic hydroxyl groups excluding tert-OH is 2. The molecule has 4 heteroatoms. The molecule has 142 valence electrons. The second kappa shape index (κ2) is 9.60. The second-order valence-corrected chi connectivity index (χ2v) is 6.70. The quantitative estimate of drug-likeness (QED) is 0.679. The predicted molar refractivity (Wildman–Crippen MR) is 104 cm³/mol. The molecule has 1 unspecified atom stereocenters. The molecule has 0 saturated carbocycles. The first-order valence-corrected chi connectivity index (χ1v) is 9.24. The molecule has 0 spiro atoms. The zero-order valence-corrected chi connectivity index (χ0v) is 15.9. The van der Waals surface area contributed by atoms with Gasteiger partial charge in [0.25, 0.3) is 0 Å². The molecule has 2 aromatic carbocycles. The van der Waals surface area contributed by atoms with Crippen LogP contribution in [0.5, 0.6) is 11.5 Å². The Bertz CT molecular complexity index is 597. The van der Waals surface area contributed by atoms with Gasteiger partial charge in [0.05, 0.1) is 13.2 Å². The highest BCUT2D eigenvalue weighted by molar-refractivity contribution is 5.43. The van der Waals surface area contributed by atoms with E-state index in [1.807, 2.05) is 24.3 Å². The van der Waals surface area contributed by atoms with Gasteiger partial charge in [-0.1, -0.05) is 51.5 Å². The third-order valence-corrected chi connectivity index (χ3v) is 5.23. The monoisotopic (exact) mass is 358 g/mol. The molecule has 26 heavy (non-hydrogen) atoms. The van der Waals surface area contributed by atoms with Crippen molar-refractivity contribution in [2.75, 3.05) is 26.4 Å². The topological polar surface area (TPSA) is 58.9 Å². The molecule has 2 rings (SSSR count). The minimum absolute atomic E-state index is 0.0109. The number of benzene rings is 2. The van der Waals surface area contributed by atoms with Crippen LogP contribution in [0.2, 0.25) is 0 Å². The van der Waals surface area contributed by atoms with Gasteiger partial charge in [0.2, 0.25) is 0 Å². The van der Waals surface area contributed by atoms with Gasteiger partial charge in [0, 0.05) is 5.41 Å². The Labute approximate surface area is 156 Å². The third-order valence-electron chi connectivity index (χ3n) is 5.23. The summed E-state index contributed by atoms with van der Waals surface area (Å²) in [6.07, 6.45) is 1.06. The summed E-state index contributed by atoms with van der Waals surface area (Å²) in [4.78, 5) is 0. The zero-order chi connectivity index (χ0) is 19.0. The third kappa shape index (κ3) is 4.57. The average Bonchev–Trinajstić information content (AvgIpc) is 2.70. The lowest BCUT2D eigenvalue weighted by Gasteiger charge is -2.37. The van der Waals surface area contributed by atoms with E-state index in [0.29, 0.717) is 19.1 Å². The van der Waals surface area contributed by atoms with Gasteiger partial charge in [0.1, 0.15) is 24.7 Å². The lowest BCUT2D eigenvalue weighted by atomic mass is 9.67. The maximum absolute atomic E-state index is 8.89. The van der Waals surface area contributed by atoms with Gasteiger partial charge in [-0.25, -0.2) is 0 Å². The van der Waals surface area contributed by atoms with E-state index in [4.69, 9.17) is 19.7 Å². The van der Waals surface area contributed by atoms with Crippen molar-refractivity contribution in [2.45, 2.75) is 32.6 Å². The van der Waals surface area contributed by atoms with Gasteiger partial charge < -0.3 is 19.7 Å². The molecule has 0 heterocycles. The van der Waals surface area contributed by atoms with E-state index in [0.717, 1.165) is 17.9 Å². The molecule has 1 atom stereocenters. The fourth-order valence-corrected chi connectivity index (χ4v) is 3.27. The summed E-state index contributed by atoms with van der Waals surface area (Å²) in [6.45, 7) is 7.38.